The van der Waals surface area contributed by atoms with Crippen LogP contribution in [-0.2, 0) is 5.75 Å². The molecule has 0 spiro atoms. The van der Waals surface area contributed by atoms with Gasteiger partial charge in [-0.2, -0.15) is 0 Å². The van der Waals surface area contributed by atoms with Gasteiger partial charge in [0.15, 0.2) is 0 Å². The lowest BCUT2D eigenvalue weighted by Gasteiger charge is -2.19. The number of nitrogens with zero attached hydrogens (tertiary/aromatic N) is 2. The van der Waals surface area contributed by atoms with Crippen molar-refractivity contribution in [3.05, 3.63) is 46.5 Å². The topological polar surface area (TPSA) is 53.4 Å². The molecule has 0 fully saturated rings. The number of aliphatic hydroxyl groups excluding tert-OH is 1. The maximum absolute atomic E-state index is 12.3. The van der Waals surface area contributed by atoms with Gasteiger partial charge >= 0.3 is 0 Å². The van der Waals surface area contributed by atoms with E-state index in [0.717, 1.165) is 15.8 Å². The molecular weight excluding hydrogens is 316 g/mol. The van der Waals surface area contributed by atoms with Gasteiger partial charge < -0.3 is 10.0 Å². The summed E-state index contributed by atoms with van der Waals surface area (Å²) in [6.45, 7) is 4.86. The second-order valence-corrected chi connectivity index (χ2v) is 6.93. The van der Waals surface area contributed by atoms with Gasteiger partial charge in [-0.05, 0) is 31.5 Å². The van der Waals surface area contributed by atoms with Crippen molar-refractivity contribution < 1.29 is 9.90 Å². The summed E-state index contributed by atoms with van der Waals surface area (Å²) in [7, 11) is 0. The van der Waals surface area contributed by atoms with Gasteiger partial charge in [-0.15, -0.1) is 11.3 Å². The number of hydrogen-bond acceptors (Lipinski definition) is 5. The first kappa shape index (κ1) is 17.0. The first-order chi connectivity index (χ1) is 10.6. The fraction of sp³-hybridized carbons (Fsp3) is 0.375. The van der Waals surface area contributed by atoms with Crippen molar-refractivity contribution in [1.82, 2.24) is 9.88 Å². The zero-order chi connectivity index (χ0) is 15.9. The number of aliphatic hydroxyl groups is 1. The minimum absolute atomic E-state index is 0.0124. The van der Waals surface area contributed by atoms with Gasteiger partial charge in [-0.25, -0.2) is 4.98 Å². The molecule has 0 saturated carbocycles. The second-order valence-electron chi connectivity index (χ2n) is 4.85. The van der Waals surface area contributed by atoms with Crippen LogP contribution in [0.25, 0.3) is 0 Å². The lowest BCUT2D eigenvalue weighted by Crippen LogP contribution is -2.33. The van der Waals surface area contributed by atoms with E-state index in [0.29, 0.717) is 18.7 Å². The zero-order valence-electron chi connectivity index (χ0n) is 12.8. The number of rotatable bonds is 7. The average molecular weight is 336 g/mol. The van der Waals surface area contributed by atoms with Crippen LogP contribution in [0.1, 0.15) is 28.5 Å². The molecule has 4 nitrogen and oxygen atoms in total. The molecule has 6 heteroatoms. The smallest absolute Gasteiger partial charge is 0.253 e. The minimum Gasteiger partial charge on any atom is -0.395 e. The molecule has 1 N–H and O–H groups in total. The van der Waals surface area contributed by atoms with Crippen LogP contribution in [0.4, 0.5) is 0 Å². The van der Waals surface area contributed by atoms with Crippen molar-refractivity contribution in [3.8, 4) is 0 Å². The highest BCUT2D eigenvalue weighted by Crippen LogP contribution is 2.26. The number of aryl methyl sites for hydroxylation is 1. The Balaban J connectivity index is 1.96. The summed E-state index contributed by atoms with van der Waals surface area (Å²) >= 11 is 3.36. The fourth-order valence-electron chi connectivity index (χ4n) is 1.99. The largest absolute Gasteiger partial charge is 0.395 e. The van der Waals surface area contributed by atoms with E-state index in [1.165, 1.54) is 5.56 Å². The number of amides is 1. The second kappa shape index (κ2) is 8.31. The molecule has 0 aliphatic heterocycles. The molecule has 1 amide bonds. The van der Waals surface area contributed by atoms with Crippen LogP contribution in [0.15, 0.2) is 34.0 Å². The van der Waals surface area contributed by atoms with Gasteiger partial charge in [0.25, 0.3) is 5.91 Å². The molecular formula is C16H20N2O2S2. The highest BCUT2D eigenvalue weighted by Gasteiger charge is 2.13. The molecule has 0 bridgehead atoms. The molecule has 0 aliphatic rings. The van der Waals surface area contributed by atoms with Gasteiger partial charge in [0.1, 0.15) is 4.34 Å². The molecule has 1 aromatic carbocycles. The zero-order valence-corrected chi connectivity index (χ0v) is 14.4. The number of thioether (sulfide) groups is 1. The third-order valence-electron chi connectivity index (χ3n) is 3.20. The molecule has 0 aliphatic carbocycles. The van der Waals surface area contributed by atoms with Crippen LogP contribution >= 0.6 is 23.1 Å². The van der Waals surface area contributed by atoms with Gasteiger partial charge in [0.2, 0.25) is 0 Å². The summed E-state index contributed by atoms with van der Waals surface area (Å²) in [5, 5.41) is 11.0. The normalized spacial score (nSPS) is 10.7. The summed E-state index contributed by atoms with van der Waals surface area (Å²) in [5.41, 5.74) is 2.88. The van der Waals surface area contributed by atoms with E-state index in [2.05, 4.69) is 4.98 Å². The summed E-state index contributed by atoms with van der Waals surface area (Å²) in [5.74, 6) is 0.807. The molecule has 0 unspecified atom stereocenters. The third-order valence-corrected chi connectivity index (χ3v) is 5.41. The number of carbonyl (C=O) groups excluding carboxylic acids is 1. The van der Waals surface area contributed by atoms with Crippen LogP contribution in [0.2, 0.25) is 0 Å². The Labute approximate surface area is 139 Å². The Morgan fingerprint density at radius 3 is 2.64 bits per heavy atom. The molecule has 0 radical (unpaired) electrons. The summed E-state index contributed by atoms with van der Waals surface area (Å²) < 4.78 is 1.07. The summed E-state index contributed by atoms with van der Waals surface area (Å²) in [6.07, 6.45) is 0. The fourth-order valence-corrected chi connectivity index (χ4v) is 3.80. The lowest BCUT2D eigenvalue weighted by atomic mass is 10.1. The highest BCUT2D eigenvalue weighted by molar-refractivity contribution is 8.00. The maximum Gasteiger partial charge on any atom is 0.253 e. The molecule has 22 heavy (non-hydrogen) atoms. The summed E-state index contributed by atoms with van der Waals surface area (Å²) in [4.78, 5) is 18.3. The van der Waals surface area contributed by atoms with E-state index in [1.54, 1.807) is 28.0 Å². The quantitative estimate of drug-likeness (QED) is 0.789. The Kier molecular flexibility index (Phi) is 6.42. The summed E-state index contributed by atoms with van der Waals surface area (Å²) in [6, 6.07) is 7.66. The van der Waals surface area contributed by atoms with E-state index >= 15 is 0 Å². The minimum atomic E-state index is -0.0358. The van der Waals surface area contributed by atoms with Crippen LogP contribution in [0, 0.1) is 6.92 Å². The molecule has 2 aromatic rings. The number of aromatic nitrogens is 1. The van der Waals surface area contributed by atoms with Crippen molar-refractivity contribution >= 4 is 29.0 Å². The lowest BCUT2D eigenvalue weighted by molar-refractivity contribution is 0.0732. The number of likely N-dealkylation sites (N-methyl/N-ethyl adjacent to an activating group) is 1. The first-order valence-corrected chi connectivity index (χ1v) is 9.04. The molecule has 118 valence electrons. The average Bonchev–Trinajstić information content (AvgIpc) is 2.96. The van der Waals surface area contributed by atoms with Crippen molar-refractivity contribution in [2.75, 3.05) is 19.7 Å². The van der Waals surface area contributed by atoms with Gasteiger partial charge in [-0.3, -0.25) is 4.79 Å². The van der Waals surface area contributed by atoms with E-state index in [9.17, 15) is 4.79 Å². The SMILES string of the molecule is CCN(CCO)C(=O)c1ccc(CSc2nc(C)cs2)cc1. The standard InChI is InChI=1S/C16H20N2O2S2/c1-3-18(8-9-19)15(20)14-6-4-13(5-7-14)11-22-16-17-12(2)10-21-16/h4-7,10,19H,3,8-9,11H2,1-2H3. The number of hydrogen-bond donors (Lipinski definition) is 1. The Bertz CT molecular complexity index is 611. The number of benzene rings is 1. The Hall–Kier alpha value is -1.37. The van der Waals surface area contributed by atoms with Crippen molar-refractivity contribution in [2.24, 2.45) is 0 Å². The van der Waals surface area contributed by atoms with Gasteiger partial charge in [0.05, 0.1) is 6.61 Å². The molecule has 1 aromatic heterocycles. The number of carbonyl (C=O) groups is 1. The predicted octanol–water partition coefficient (Wildman–Crippen LogP) is 3.20. The highest BCUT2D eigenvalue weighted by atomic mass is 32.2. The van der Waals surface area contributed by atoms with Gasteiger partial charge in [0, 0.05) is 35.5 Å². The Morgan fingerprint density at radius 1 is 1.36 bits per heavy atom. The molecule has 1 heterocycles. The molecule has 2 rings (SSSR count). The maximum atomic E-state index is 12.3. The van der Waals surface area contributed by atoms with Crippen molar-refractivity contribution in [1.29, 1.82) is 0 Å². The Morgan fingerprint density at radius 2 is 2.09 bits per heavy atom. The van der Waals surface area contributed by atoms with E-state index in [4.69, 9.17) is 5.11 Å². The van der Waals surface area contributed by atoms with Crippen molar-refractivity contribution in [2.45, 2.75) is 23.9 Å². The monoisotopic (exact) mass is 336 g/mol. The molecule has 0 saturated heterocycles. The predicted molar refractivity (Wildman–Crippen MR) is 91.5 cm³/mol. The molecule has 0 atom stereocenters. The van der Waals surface area contributed by atoms with Crippen LogP contribution < -0.4 is 0 Å². The van der Waals surface area contributed by atoms with Crippen molar-refractivity contribution in [3.63, 3.8) is 0 Å². The van der Waals surface area contributed by atoms with Crippen LogP contribution in [-0.4, -0.2) is 40.6 Å². The van der Waals surface area contributed by atoms with Crippen LogP contribution in [0.3, 0.4) is 0 Å². The van der Waals surface area contributed by atoms with Crippen LogP contribution in [0.5, 0.6) is 0 Å². The van der Waals surface area contributed by atoms with E-state index < -0.39 is 0 Å². The van der Waals surface area contributed by atoms with E-state index in [-0.39, 0.29) is 12.5 Å². The van der Waals surface area contributed by atoms with E-state index in [1.807, 2.05) is 43.5 Å². The number of thiazole rings is 1. The third kappa shape index (κ3) is 4.56. The van der Waals surface area contributed by atoms with Gasteiger partial charge in [-0.1, -0.05) is 23.9 Å². The first-order valence-electron chi connectivity index (χ1n) is 7.18.